The first-order valence-corrected chi connectivity index (χ1v) is 9.74. The molecule has 0 heterocycles. The van der Waals surface area contributed by atoms with Crippen molar-refractivity contribution in [3.05, 3.63) is 29.8 Å². The number of hydrogen-bond donors (Lipinski definition) is 2. The van der Waals surface area contributed by atoms with E-state index in [9.17, 15) is 14.4 Å². The first-order valence-electron chi connectivity index (χ1n) is 9.74. The van der Waals surface area contributed by atoms with E-state index in [0.717, 1.165) is 12.8 Å². The maximum Gasteiger partial charge on any atom is 0.326 e. The van der Waals surface area contributed by atoms with Gasteiger partial charge in [0.1, 0.15) is 12.3 Å². The second-order valence-electron chi connectivity index (χ2n) is 7.43. The first-order chi connectivity index (χ1) is 13.3. The average molecular weight is 390 g/mol. The maximum atomic E-state index is 12.3. The molecule has 0 aliphatic heterocycles. The normalized spacial score (nSPS) is 22.6. The van der Waals surface area contributed by atoms with Gasteiger partial charge in [-0.05, 0) is 49.4 Å². The van der Waals surface area contributed by atoms with Crippen LogP contribution in [-0.4, -0.2) is 43.6 Å². The van der Waals surface area contributed by atoms with Crippen molar-refractivity contribution in [2.75, 3.05) is 13.7 Å². The number of carbonyl (C=O) groups excluding carboxylic acids is 3. The van der Waals surface area contributed by atoms with Gasteiger partial charge in [-0.25, -0.2) is 0 Å². The van der Waals surface area contributed by atoms with Crippen LogP contribution in [0.2, 0.25) is 0 Å². The Balaban J connectivity index is 1.76. The summed E-state index contributed by atoms with van der Waals surface area (Å²) < 4.78 is 10.2. The van der Waals surface area contributed by atoms with Crippen LogP contribution in [-0.2, 0) is 14.3 Å². The quantitative estimate of drug-likeness (QED) is 0.697. The maximum absolute atomic E-state index is 12.3. The van der Waals surface area contributed by atoms with Crippen molar-refractivity contribution in [1.29, 1.82) is 0 Å². The zero-order chi connectivity index (χ0) is 20.7. The Morgan fingerprint density at radius 1 is 1.14 bits per heavy atom. The van der Waals surface area contributed by atoms with Crippen LogP contribution in [0.3, 0.4) is 0 Å². The molecule has 0 radical (unpaired) electrons. The lowest BCUT2D eigenvalue weighted by Crippen LogP contribution is -2.48. The molecule has 4 atom stereocenters. The van der Waals surface area contributed by atoms with E-state index in [0.29, 0.717) is 23.1 Å². The third-order valence-electron chi connectivity index (χ3n) is 5.46. The highest BCUT2D eigenvalue weighted by atomic mass is 16.5. The summed E-state index contributed by atoms with van der Waals surface area (Å²) in [7, 11) is 1.54. The molecule has 1 aliphatic carbocycles. The van der Waals surface area contributed by atoms with Crippen molar-refractivity contribution in [3.63, 3.8) is 0 Å². The number of methoxy groups -OCH3 is 1. The number of rotatable bonds is 7. The van der Waals surface area contributed by atoms with Crippen molar-refractivity contribution in [2.24, 2.45) is 11.8 Å². The topological polar surface area (TPSA) is 93.7 Å². The molecule has 28 heavy (non-hydrogen) atoms. The van der Waals surface area contributed by atoms with E-state index in [1.807, 2.05) is 0 Å². The molecule has 7 heteroatoms. The van der Waals surface area contributed by atoms with E-state index in [2.05, 4.69) is 24.5 Å². The number of nitrogens with one attached hydrogen (secondary N) is 2. The van der Waals surface area contributed by atoms with Crippen molar-refractivity contribution in [1.82, 2.24) is 10.6 Å². The molecule has 1 aromatic rings. The van der Waals surface area contributed by atoms with Gasteiger partial charge >= 0.3 is 5.97 Å². The van der Waals surface area contributed by atoms with E-state index in [1.165, 1.54) is 20.5 Å². The van der Waals surface area contributed by atoms with Crippen LogP contribution in [0.4, 0.5) is 0 Å². The zero-order valence-corrected chi connectivity index (χ0v) is 17.0. The van der Waals surface area contributed by atoms with Crippen LogP contribution < -0.4 is 15.4 Å². The standard InChI is InChI=1S/C21H30N2O5/c1-13-6-5-7-18(14(13)2)23-20(25)15(3)28-19(24)12-22-21(26)16-8-10-17(27-4)11-9-16/h8-11,13-15,18H,5-7,12H2,1-4H3,(H,22,26)(H,23,25)/t13-,14+,15+,18-/m0/s1. The molecule has 1 fully saturated rings. The summed E-state index contributed by atoms with van der Waals surface area (Å²) in [5.41, 5.74) is 0.403. The summed E-state index contributed by atoms with van der Waals surface area (Å²) in [5.74, 6) is 0.226. The Morgan fingerprint density at radius 2 is 1.82 bits per heavy atom. The van der Waals surface area contributed by atoms with Crippen LogP contribution >= 0.6 is 0 Å². The average Bonchev–Trinajstić information content (AvgIpc) is 2.69. The highest BCUT2D eigenvalue weighted by Crippen LogP contribution is 2.29. The highest BCUT2D eigenvalue weighted by molar-refractivity contribution is 5.96. The fourth-order valence-corrected chi connectivity index (χ4v) is 3.38. The Kier molecular flexibility index (Phi) is 7.84. The molecule has 1 saturated carbocycles. The molecule has 7 nitrogen and oxygen atoms in total. The molecule has 154 valence electrons. The molecule has 0 bridgehead atoms. The molecule has 0 unspecified atom stereocenters. The molecule has 2 rings (SSSR count). The molecule has 0 saturated heterocycles. The summed E-state index contributed by atoms with van der Waals surface area (Å²) in [6, 6.07) is 6.62. The Morgan fingerprint density at radius 3 is 2.46 bits per heavy atom. The van der Waals surface area contributed by atoms with Crippen molar-refractivity contribution in [2.45, 2.75) is 52.2 Å². The number of carbonyl (C=O) groups is 3. The van der Waals surface area contributed by atoms with Crippen molar-refractivity contribution >= 4 is 17.8 Å². The van der Waals surface area contributed by atoms with Crippen LogP contribution in [0.25, 0.3) is 0 Å². The van der Waals surface area contributed by atoms with Gasteiger partial charge in [0.25, 0.3) is 11.8 Å². The van der Waals surface area contributed by atoms with Gasteiger partial charge in [-0.1, -0.05) is 26.7 Å². The molecule has 1 aromatic carbocycles. The monoisotopic (exact) mass is 390 g/mol. The predicted molar refractivity (Wildman–Crippen MR) is 105 cm³/mol. The molecule has 0 aromatic heterocycles. The number of benzene rings is 1. The smallest absolute Gasteiger partial charge is 0.326 e. The second kappa shape index (κ2) is 10.1. The molecule has 0 spiro atoms. The zero-order valence-electron chi connectivity index (χ0n) is 17.0. The van der Waals surface area contributed by atoms with E-state index in [1.54, 1.807) is 24.3 Å². The third-order valence-corrected chi connectivity index (χ3v) is 5.46. The van der Waals surface area contributed by atoms with E-state index >= 15 is 0 Å². The van der Waals surface area contributed by atoms with Gasteiger partial charge in [0.2, 0.25) is 0 Å². The van der Waals surface area contributed by atoms with Gasteiger partial charge < -0.3 is 20.1 Å². The summed E-state index contributed by atoms with van der Waals surface area (Å²) in [6.45, 7) is 5.56. The van der Waals surface area contributed by atoms with Crippen molar-refractivity contribution < 1.29 is 23.9 Å². The molecular weight excluding hydrogens is 360 g/mol. The van der Waals surface area contributed by atoms with E-state index in [4.69, 9.17) is 9.47 Å². The SMILES string of the molecule is COc1ccc(C(=O)NCC(=O)O[C@H](C)C(=O)N[C@H]2CCC[C@H](C)[C@H]2C)cc1. The Labute approximate surface area is 166 Å². The van der Waals surface area contributed by atoms with Gasteiger partial charge in [0.15, 0.2) is 6.10 Å². The van der Waals surface area contributed by atoms with Crippen LogP contribution in [0.15, 0.2) is 24.3 Å². The summed E-state index contributed by atoms with van der Waals surface area (Å²) in [6.07, 6.45) is 2.29. The highest BCUT2D eigenvalue weighted by Gasteiger charge is 2.30. The van der Waals surface area contributed by atoms with Crippen LogP contribution in [0.5, 0.6) is 5.75 Å². The lowest BCUT2D eigenvalue weighted by atomic mass is 9.78. The van der Waals surface area contributed by atoms with Gasteiger partial charge in [-0.15, -0.1) is 0 Å². The number of hydrogen-bond acceptors (Lipinski definition) is 5. The lowest BCUT2D eigenvalue weighted by Gasteiger charge is -2.35. The minimum Gasteiger partial charge on any atom is -0.497 e. The fraction of sp³-hybridized carbons (Fsp3) is 0.571. The molecule has 2 N–H and O–H groups in total. The molecule has 1 aliphatic rings. The Hall–Kier alpha value is -2.57. The van der Waals surface area contributed by atoms with Gasteiger partial charge in [-0.2, -0.15) is 0 Å². The van der Waals surface area contributed by atoms with Crippen LogP contribution in [0.1, 0.15) is 50.4 Å². The minimum atomic E-state index is -0.908. The third kappa shape index (κ3) is 5.97. The second-order valence-corrected chi connectivity index (χ2v) is 7.43. The number of ether oxygens (including phenoxy) is 2. The van der Waals surface area contributed by atoms with Gasteiger partial charge in [-0.3, -0.25) is 14.4 Å². The van der Waals surface area contributed by atoms with Gasteiger partial charge in [0, 0.05) is 11.6 Å². The Bertz CT molecular complexity index is 689. The van der Waals surface area contributed by atoms with E-state index in [-0.39, 0.29) is 18.5 Å². The summed E-state index contributed by atoms with van der Waals surface area (Å²) in [4.78, 5) is 36.4. The first kappa shape index (κ1) is 21.7. The minimum absolute atomic E-state index is 0.104. The molecular formula is C21H30N2O5. The fourth-order valence-electron chi connectivity index (χ4n) is 3.38. The predicted octanol–water partition coefficient (Wildman–Crippen LogP) is 2.30. The lowest BCUT2D eigenvalue weighted by molar-refractivity contribution is -0.154. The largest absolute Gasteiger partial charge is 0.497 e. The van der Waals surface area contributed by atoms with Gasteiger partial charge in [0.05, 0.1) is 7.11 Å². The number of esters is 1. The summed E-state index contributed by atoms with van der Waals surface area (Å²) in [5, 5.41) is 5.48. The van der Waals surface area contributed by atoms with Crippen LogP contribution in [0, 0.1) is 11.8 Å². The van der Waals surface area contributed by atoms with E-state index < -0.39 is 18.0 Å². The summed E-state index contributed by atoms with van der Waals surface area (Å²) >= 11 is 0. The number of amides is 2. The molecule has 2 amide bonds. The van der Waals surface area contributed by atoms with Crippen molar-refractivity contribution in [3.8, 4) is 5.75 Å².